The lowest BCUT2D eigenvalue weighted by molar-refractivity contribution is 0.596. The third-order valence-electron chi connectivity index (χ3n) is 3.19. The first-order valence-corrected chi connectivity index (χ1v) is 8.03. The monoisotopic (exact) mass is 355 g/mol. The van der Waals surface area contributed by atoms with Crippen molar-refractivity contribution in [3.05, 3.63) is 51.2 Å². The van der Waals surface area contributed by atoms with Crippen molar-refractivity contribution in [3.8, 4) is 0 Å². The summed E-state index contributed by atoms with van der Waals surface area (Å²) in [6.45, 7) is 6.09. The fourth-order valence-corrected chi connectivity index (χ4v) is 2.62. The van der Waals surface area contributed by atoms with Crippen LogP contribution in [0.5, 0.6) is 0 Å². The predicted octanol–water partition coefficient (Wildman–Crippen LogP) is 4.41. The average Bonchev–Trinajstić information content (AvgIpc) is 2.92. The summed E-state index contributed by atoms with van der Waals surface area (Å²) < 4.78 is 2.86. The summed E-state index contributed by atoms with van der Waals surface area (Å²) in [5.74, 6) is 0. The highest BCUT2D eigenvalue weighted by Crippen LogP contribution is 2.29. The second-order valence-corrected chi connectivity index (χ2v) is 5.95. The zero-order valence-corrected chi connectivity index (χ0v) is 14.1. The fraction of sp³-hybridized carbons (Fsp3) is 0.400. The molecule has 2 aromatic rings. The summed E-state index contributed by atoms with van der Waals surface area (Å²) in [6.07, 6.45) is 5.11. The Morgan fingerprint density at radius 2 is 2.15 bits per heavy atom. The van der Waals surface area contributed by atoms with Crippen molar-refractivity contribution in [3.63, 3.8) is 0 Å². The Morgan fingerprint density at radius 1 is 1.35 bits per heavy atom. The van der Waals surface area contributed by atoms with Crippen molar-refractivity contribution < 1.29 is 0 Å². The Labute approximate surface area is 133 Å². The Bertz CT molecular complexity index is 568. The molecular formula is C15H19BrClN3. The summed E-state index contributed by atoms with van der Waals surface area (Å²) in [7, 11) is 0. The van der Waals surface area contributed by atoms with Gasteiger partial charge in [-0.2, -0.15) is 5.10 Å². The number of hydrogen-bond donors (Lipinski definition) is 1. The van der Waals surface area contributed by atoms with E-state index in [1.165, 1.54) is 11.1 Å². The lowest BCUT2D eigenvalue weighted by Gasteiger charge is -2.18. The van der Waals surface area contributed by atoms with Crippen LogP contribution in [-0.2, 0) is 6.54 Å². The molecule has 0 radical (unpaired) electrons. The zero-order valence-electron chi connectivity index (χ0n) is 11.7. The van der Waals surface area contributed by atoms with Crippen LogP contribution < -0.4 is 5.32 Å². The normalized spacial score (nSPS) is 12.6. The van der Waals surface area contributed by atoms with Crippen molar-refractivity contribution in [2.45, 2.75) is 32.9 Å². The van der Waals surface area contributed by atoms with Crippen LogP contribution in [0, 0.1) is 0 Å². The molecule has 1 aromatic carbocycles. The Hall–Kier alpha value is -0.840. The number of rotatable bonds is 6. The molecule has 3 nitrogen and oxygen atoms in total. The lowest BCUT2D eigenvalue weighted by Crippen LogP contribution is -2.22. The fourth-order valence-electron chi connectivity index (χ4n) is 2.11. The van der Waals surface area contributed by atoms with Gasteiger partial charge in [0.15, 0.2) is 0 Å². The van der Waals surface area contributed by atoms with E-state index in [0.29, 0.717) is 0 Å². The van der Waals surface area contributed by atoms with Gasteiger partial charge in [-0.15, -0.1) is 0 Å². The van der Waals surface area contributed by atoms with E-state index in [2.05, 4.69) is 58.5 Å². The third-order valence-corrected chi connectivity index (χ3v) is 4.40. The summed E-state index contributed by atoms with van der Waals surface area (Å²) in [5, 5.41) is 8.67. The molecule has 0 spiro atoms. The van der Waals surface area contributed by atoms with E-state index < -0.39 is 0 Å². The molecule has 0 aliphatic heterocycles. The van der Waals surface area contributed by atoms with Crippen molar-refractivity contribution in [2.75, 3.05) is 6.54 Å². The van der Waals surface area contributed by atoms with Crippen LogP contribution in [0.2, 0.25) is 5.02 Å². The minimum atomic E-state index is 0.142. The van der Waals surface area contributed by atoms with Crippen molar-refractivity contribution in [2.24, 2.45) is 0 Å². The van der Waals surface area contributed by atoms with Crippen LogP contribution in [0.3, 0.4) is 0 Å². The molecule has 1 atom stereocenters. The molecule has 0 amide bonds. The van der Waals surface area contributed by atoms with Crippen LogP contribution >= 0.6 is 27.5 Å². The number of aromatic nitrogens is 2. The first kappa shape index (κ1) is 15.5. The number of benzene rings is 1. The van der Waals surface area contributed by atoms with E-state index in [1.807, 2.05) is 16.9 Å². The summed E-state index contributed by atoms with van der Waals surface area (Å²) in [5.41, 5.74) is 2.36. The standard InChI is InChI=1S/C15H19BrClN3/c1-3-7-18-15(12-9-19-20(4-2)10-12)11-5-6-14(17)13(16)8-11/h5-6,8-10,15,18H,3-4,7H2,1-2H3. The average molecular weight is 357 g/mol. The Kier molecular flexibility index (Phi) is 5.64. The lowest BCUT2D eigenvalue weighted by atomic mass is 10.0. The van der Waals surface area contributed by atoms with Gasteiger partial charge in [0.2, 0.25) is 0 Å². The molecule has 1 N–H and O–H groups in total. The minimum Gasteiger partial charge on any atom is -0.306 e. The van der Waals surface area contributed by atoms with Gasteiger partial charge in [-0.25, -0.2) is 0 Å². The molecule has 1 heterocycles. The quantitative estimate of drug-likeness (QED) is 0.831. The van der Waals surface area contributed by atoms with E-state index in [0.717, 1.165) is 29.0 Å². The molecule has 1 unspecified atom stereocenters. The molecule has 0 aliphatic carbocycles. The molecule has 0 bridgehead atoms. The van der Waals surface area contributed by atoms with Crippen LogP contribution in [-0.4, -0.2) is 16.3 Å². The maximum atomic E-state index is 6.08. The predicted molar refractivity (Wildman–Crippen MR) is 87.2 cm³/mol. The van der Waals surface area contributed by atoms with Crippen molar-refractivity contribution >= 4 is 27.5 Å². The molecule has 0 fully saturated rings. The molecule has 20 heavy (non-hydrogen) atoms. The van der Waals surface area contributed by atoms with Crippen LogP contribution in [0.1, 0.15) is 37.4 Å². The van der Waals surface area contributed by atoms with Gasteiger partial charge in [-0.05, 0) is 53.5 Å². The summed E-state index contributed by atoms with van der Waals surface area (Å²) in [6, 6.07) is 6.19. The van der Waals surface area contributed by atoms with E-state index in [-0.39, 0.29) is 6.04 Å². The van der Waals surface area contributed by atoms with Gasteiger partial charge in [-0.1, -0.05) is 24.6 Å². The molecular weight excluding hydrogens is 338 g/mol. The van der Waals surface area contributed by atoms with Crippen molar-refractivity contribution in [1.29, 1.82) is 0 Å². The molecule has 0 saturated carbocycles. The van der Waals surface area contributed by atoms with Gasteiger partial charge in [0.1, 0.15) is 0 Å². The van der Waals surface area contributed by atoms with E-state index in [4.69, 9.17) is 11.6 Å². The van der Waals surface area contributed by atoms with Gasteiger partial charge in [0.05, 0.1) is 17.3 Å². The molecule has 2 rings (SSSR count). The van der Waals surface area contributed by atoms with Gasteiger partial charge in [-0.3, -0.25) is 4.68 Å². The van der Waals surface area contributed by atoms with E-state index in [9.17, 15) is 0 Å². The molecule has 0 aliphatic rings. The topological polar surface area (TPSA) is 29.9 Å². The summed E-state index contributed by atoms with van der Waals surface area (Å²) in [4.78, 5) is 0. The third kappa shape index (κ3) is 3.62. The molecule has 0 saturated heterocycles. The highest BCUT2D eigenvalue weighted by molar-refractivity contribution is 9.10. The number of halogens is 2. The summed E-state index contributed by atoms with van der Waals surface area (Å²) >= 11 is 9.57. The van der Waals surface area contributed by atoms with Crippen molar-refractivity contribution in [1.82, 2.24) is 15.1 Å². The number of nitrogens with zero attached hydrogens (tertiary/aromatic N) is 2. The smallest absolute Gasteiger partial charge is 0.0608 e. The first-order chi connectivity index (χ1) is 9.65. The van der Waals surface area contributed by atoms with Gasteiger partial charge in [0, 0.05) is 22.8 Å². The van der Waals surface area contributed by atoms with Crippen LogP contribution in [0.25, 0.3) is 0 Å². The Balaban J connectivity index is 2.32. The van der Waals surface area contributed by atoms with Gasteiger partial charge < -0.3 is 5.32 Å². The van der Waals surface area contributed by atoms with Gasteiger partial charge >= 0.3 is 0 Å². The molecule has 108 valence electrons. The van der Waals surface area contributed by atoms with E-state index in [1.54, 1.807) is 0 Å². The molecule has 5 heteroatoms. The zero-order chi connectivity index (χ0) is 14.5. The SMILES string of the molecule is CCCNC(c1ccc(Cl)c(Br)c1)c1cnn(CC)c1. The second-order valence-electron chi connectivity index (χ2n) is 4.69. The van der Waals surface area contributed by atoms with Crippen LogP contribution in [0.4, 0.5) is 0 Å². The van der Waals surface area contributed by atoms with E-state index >= 15 is 0 Å². The Morgan fingerprint density at radius 3 is 2.75 bits per heavy atom. The molecule has 1 aromatic heterocycles. The number of aryl methyl sites for hydroxylation is 1. The number of hydrogen-bond acceptors (Lipinski definition) is 2. The first-order valence-electron chi connectivity index (χ1n) is 6.86. The maximum Gasteiger partial charge on any atom is 0.0608 e. The van der Waals surface area contributed by atoms with Gasteiger partial charge in [0.25, 0.3) is 0 Å². The highest BCUT2D eigenvalue weighted by atomic mass is 79.9. The van der Waals surface area contributed by atoms with Crippen LogP contribution in [0.15, 0.2) is 35.1 Å². The highest BCUT2D eigenvalue weighted by Gasteiger charge is 2.16. The minimum absolute atomic E-state index is 0.142. The number of nitrogens with one attached hydrogen (secondary N) is 1. The second kappa shape index (κ2) is 7.25. The maximum absolute atomic E-state index is 6.08. The largest absolute Gasteiger partial charge is 0.306 e.